The van der Waals surface area contributed by atoms with Crippen molar-refractivity contribution in [1.82, 2.24) is 10.0 Å². The summed E-state index contributed by atoms with van der Waals surface area (Å²) >= 11 is 0. The third kappa shape index (κ3) is 5.43. The van der Waals surface area contributed by atoms with Crippen molar-refractivity contribution in [3.05, 3.63) is 24.3 Å². The smallest absolute Gasteiger partial charge is 0.240 e. The number of hydrogen-bond donors (Lipinski definition) is 2. The summed E-state index contributed by atoms with van der Waals surface area (Å²) in [6.07, 6.45) is 2.56. The molecule has 1 fully saturated rings. The van der Waals surface area contributed by atoms with Crippen molar-refractivity contribution < 1.29 is 13.2 Å². The van der Waals surface area contributed by atoms with Crippen LogP contribution < -0.4 is 14.8 Å². The predicted molar refractivity (Wildman–Crippen MR) is 90.3 cm³/mol. The molecule has 0 spiro atoms. The van der Waals surface area contributed by atoms with E-state index in [4.69, 9.17) is 4.74 Å². The number of benzene rings is 1. The number of rotatable bonds is 6. The summed E-state index contributed by atoms with van der Waals surface area (Å²) in [6, 6.07) is 6.94. The van der Waals surface area contributed by atoms with Crippen molar-refractivity contribution in [3.8, 4) is 5.75 Å². The van der Waals surface area contributed by atoms with Crippen LogP contribution in [0.2, 0.25) is 0 Å². The van der Waals surface area contributed by atoms with Crippen LogP contribution in [-0.4, -0.2) is 33.7 Å². The quantitative estimate of drug-likeness (QED) is 0.828. The van der Waals surface area contributed by atoms with E-state index in [9.17, 15) is 8.42 Å². The monoisotopic (exact) mass is 348 g/mol. The van der Waals surface area contributed by atoms with E-state index < -0.39 is 10.0 Å². The summed E-state index contributed by atoms with van der Waals surface area (Å²) in [4.78, 5) is 0.289. The van der Waals surface area contributed by atoms with Crippen LogP contribution in [0, 0.1) is 0 Å². The summed E-state index contributed by atoms with van der Waals surface area (Å²) in [5.74, 6) is 0.700. The molecule has 1 aliphatic heterocycles. The highest BCUT2D eigenvalue weighted by Crippen LogP contribution is 2.18. The molecule has 1 saturated heterocycles. The lowest BCUT2D eigenvalue weighted by atomic mass is 10.0. The van der Waals surface area contributed by atoms with Crippen molar-refractivity contribution >= 4 is 22.4 Å². The van der Waals surface area contributed by atoms with E-state index in [1.54, 1.807) is 24.3 Å². The molecule has 2 unspecified atom stereocenters. The van der Waals surface area contributed by atoms with E-state index >= 15 is 0 Å². The summed E-state index contributed by atoms with van der Waals surface area (Å²) in [6.45, 7) is 5.58. The molecular formula is C15H25ClN2O3S. The molecule has 0 amide bonds. The van der Waals surface area contributed by atoms with Gasteiger partial charge in [0.1, 0.15) is 5.75 Å². The summed E-state index contributed by atoms with van der Waals surface area (Å²) in [5.41, 5.74) is 0. The Morgan fingerprint density at radius 1 is 1.32 bits per heavy atom. The van der Waals surface area contributed by atoms with Gasteiger partial charge < -0.3 is 10.1 Å². The normalized spacial score (nSPS) is 21.9. The minimum Gasteiger partial charge on any atom is -0.494 e. The molecular weight excluding hydrogens is 324 g/mol. The molecule has 2 rings (SSSR count). The van der Waals surface area contributed by atoms with E-state index in [1.165, 1.54) is 0 Å². The van der Waals surface area contributed by atoms with Crippen LogP contribution in [0.25, 0.3) is 0 Å². The summed E-state index contributed by atoms with van der Waals surface area (Å²) < 4.78 is 33.0. The molecule has 0 radical (unpaired) electrons. The fourth-order valence-electron chi connectivity index (χ4n) is 2.46. The van der Waals surface area contributed by atoms with Gasteiger partial charge in [0.2, 0.25) is 10.0 Å². The SMILES string of the molecule is CCCOc1ccc(S(=O)(=O)NC2CCNC(C)C2)cc1.Cl. The molecule has 1 aromatic carbocycles. The summed E-state index contributed by atoms with van der Waals surface area (Å²) in [5, 5.41) is 3.31. The second-order valence-electron chi connectivity index (χ2n) is 5.52. The van der Waals surface area contributed by atoms with E-state index in [0.29, 0.717) is 18.4 Å². The van der Waals surface area contributed by atoms with E-state index in [0.717, 1.165) is 25.8 Å². The number of ether oxygens (including phenoxy) is 1. The first-order chi connectivity index (χ1) is 10.0. The Morgan fingerprint density at radius 2 is 2.00 bits per heavy atom. The third-order valence-electron chi connectivity index (χ3n) is 3.55. The third-order valence-corrected chi connectivity index (χ3v) is 5.09. The van der Waals surface area contributed by atoms with Crippen LogP contribution >= 0.6 is 12.4 Å². The first-order valence-corrected chi connectivity index (χ1v) is 8.98. The van der Waals surface area contributed by atoms with E-state index in [-0.39, 0.29) is 23.3 Å². The molecule has 7 heteroatoms. The first-order valence-electron chi connectivity index (χ1n) is 7.50. The van der Waals surface area contributed by atoms with Crippen molar-refractivity contribution in [2.24, 2.45) is 0 Å². The molecule has 0 bridgehead atoms. The largest absolute Gasteiger partial charge is 0.494 e. The zero-order valence-electron chi connectivity index (χ0n) is 13.0. The molecule has 126 valence electrons. The van der Waals surface area contributed by atoms with Gasteiger partial charge in [-0.1, -0.05) is 6.92 Å². The zero-order valence-corrected chi connectivity index (χ0v) is 14.7. The Labute approximate surface area is 139 Å². The van der Waals surface area contributed by atoms with Gasteiger partial charge in [-0.15, -0.1) is 12.4 Å². The maximum absolute atomic E-state index is 12.4. The lowest BCUT2D eigenvalue weighted by Crippen LogP contribution is -2.46. The first kappa shape index (κ1) is 19.2. The van der Waals surface area contributed by atoms with Crippen molar-refractivity contribution in [2.45, 2.75) is 50.1 Å². The standard InChI is InChI=1S/C15H24N2O3S.ClH/c1-3-10-20-14-4-6-15(7-5-14)21(18,19)17-13-8-9-16-12(2)11-13;/h4-7,12-13,16-17H,3,8-11H2,1-2H3;1H. The highest BCUT2D eigenvalue weighted by atomic mass is 35.5. The highest BCUT2D eigenvalue weighted by molar-refractivity contribution is 7.89. The maximum Gasteiger partial charge on any atom is 0.240 e. The Hall–Kier alpha value is -0.820. The Bertz CT molecular complexity index is 548. The van der Waals surface area contributed by atoms with Crippen LogP contribution in [0.4, 0.5) is 0 Å². The van der Waals surface area contributed by atoms with Gasteiger partial charge in [-0.05, 0) is 57.0 Å². The number of halogens is 1. The lowest BCUT2D eigenvalue weighted by molar-refractivity contribution is 0.317. The molecule has 22 heavy (non-hydrogen) atoms. The van der Waals surface area contributed by atoms with E-state index in [2.05, 4.69) is 17.0 Å². The fourth-order valence-corrected chi connectivity index (χ4v) is 3.74. The molecule has 1 aromatic rings. The molecule has 0 aliphatic carbocycles. The molecule has 5 nitrogen and oxygen atoms in total. The predicted octanol–water partition coefficient (Wildman–Crippen LogP) is 2.32. The Balaban J connectivity index is 0.00000242. The Morgan fingerprint density at radius 3 is 2.59 bits per heavy atom. The molecule has 1 heterocycles. The average molecular weight is 349 g/mol. The van der Waals surface area contributed by atoms with Crippen molar-refractivity contribution in [2.75, 3.05) is 13.2 Å². The second-order valence-corrected chi connectivity index (χ2v) is 7.23. The van der Waals surface area contributed by atoms with Crippen molar-refractivity contribution in [3.63, 3.8) is 0 Å². The number of piperidine rings is 1. The molecule has 0 saturated carbocycles. The fraction of sp³-hybridized carbons (Fsp3) is 0.600. The van der Waals surface area contributed by atoms with Crippen LogP contribution in [0.3, 0.4) is 0 Å². The van der Waals surface area contributed by atoms with Gasteiger partial charge in [-0.2, -0.15) is 0 Å². The van der Waals surface area contributed by atoms with Gasteiger partial charge >= 0.3 is 0 Å². The Kier molecular flexibility index (Phi) is 7.62. The van der Waals surface area contributed by atoms with Gasteiger partial charge in [0, 0.05) is 12.1 Å². The van der Waals surface area contributed by atoms with E-state index in [1.807, 2.05) is 6.92 Å². The van der Waals surface area contributed by atoms with Gasteiger partial charge in [0.05, 0.1) is 11.5 Å². The maximum atomic E-state index is 12.4. The van der Waals surface area contributed by atoms with Crippen LogP contribution in [-0.2, 0) is 10.0 Å². The topological polar surface area (TPSA) is 67.4 Å². The van der Waals surface area contributed by atoms with Crippen LogP contribution in [0.15, 0.2) is 29.2 Å². The highest BCUT2D eigenvalue weighted by Gasteiger charge is 2.24. The zero-order chi connectivity index (χ0) is 15.3. The van der Waals surface area contributed by atoms with Crippen molar-refractivity contribution in [1.29, 1.82) is 0 Å². The number of hydrogen-bond acceptors (Lipinski definition) is 4. The van der Waals surface area contributed by atoms with Crippen LogP contribution in [0.1, 0.15) is 33.1 Å². The number of sulfonamides is 1. The molecule has 2 atom stereocenters. The van der Waals surface area contributed by atoms with Gasteiger partial charge in [-0.3, -0.25) is 0 Å². The van der Waals surface area contributed by atoms with Gasteiger partial charge in [0.15, 0.2) is 0 Å². The molecule has 2 N–H and O–H groups in total. The van der Waals surface area contributed by atoms with Crippen LogP contribution in [0.5, 0.6) is 5.75 Å². The van der Waals surface area contributed by atoms with Gasteiger partial charge in [-0.25, -0.2) is 13.1 Å². The minimum atomic E-state index is -3.45. The summed E-state index contributed by atoms with van der Waals surface area (Å²) in [7, 11) is -3.45. The molecule has 0 aromatic heterocycles. The lowest BCUT2D eigenvalue weighted by Gasteiger charge is -2.28. The van der Waals surface area contributed by atoms with Gasteiger partial charge in [0.25, 0.3) is 0 Å². The molecule has 1 aliphatic rings. The second kappa shape index (κ2) is 8.72. The minimum absolute atomic E-state index is 0. The average Bonchev–Trinajstić information content (AvgIpc) is 2.45. The number of nitrogens with one attached hydrogen (secondary N) is 2.